The van der Waals surface area contributed by atoms with Crippen molar-refractivity contribution in [1.82, 2.24) is 5.32 Å². The van der Waals surface area contributed by atoms with Crippen molar-refractivity contribution in [1.29, 1.82) is 0 Å². The molecule has 0 radical (unpaired) electrons. The van der Waals surface area contributed by atoms with Crippen LogP contribution in [0.3, 0.4) is 0 Å². The molecule has 1 amide bonds. The molecule has 1 fully saturated rings. The first-order valence-corrected chi connectivity index (χ1v) is 7.72. The topological polar surface area (TPSA) is 55.1 Å². The monoisotopic (exact) mass is 294 g/mol. The highest BCUT2D eigenvalue weighted by atomic mass is 35.5. The highest BCUT2D eigenvalue weighted by molar-refractivity contribution is 6.31. The summed E-state index contributed by atoms with van der Waals surface area (Å²) in [6, 6.07) is 7.52. The molecule has 0 saturated heterocycles. The number of benzene rings is 1. The van der Waals surface area contributed by atoms with Crippen LogP contribution in [-0.2, 0) is 4.79 Å². The second-order valence-electron chi connectivity index (χ2n) is 5.76. The van der Waals surface area contributed by atoms with E-state index in [1.54, 1.807) is 0 Å². The number of hydrogen-bond donors (Lipinski definition) is 2. The molecule has 1 aromatic carbocycles. The van der Waals surface area contributed by atoms with Crippen LogP contribution in [-0.4, -0.2) is 12.5 Å². The summed E-state index contributed by atoms with van der Waals surface area (Å²) in [5.74, 6) is 0.0760. The fraction of sp³-hybridized carbons (Fsp3) is 0.562. The summed E-state index contributed by atoms with van der Waals surface area (Å²) < 4.78 is 0. The van der Waals surface area contributed by atoms with Crippen LogP contribution in [0, 0.1) is 5.41 Å². The van der Waals surface area contributed by atoms with Crippen molar-refractivity contribution in [3.63, 3.8) is 0 Å². The van der Waals surface area contributed by atoms with Gasteiger partial charge in [-0.15, -0.1) is 0 Å². The van der Waals surface area contributed by atoms with E-state index in [2.05, 4.69) is 5.32 Å². The van der Waals surface area contributed by atoms with Gasteiger partial charge in [0, 0.05) is 11.6 Å². The Balaban J connectivity index is 2.08. The average Bonchev–Trinajstić information content (AvgIpc) is 2.48. The van der Waals surface area contributed by atoms with E-state index in [0.717, 1.165) is 31.2 Å². The Kier molecular flexibility index (Phi) is 5.06. The van der Waals surface area contributed by atoms with Crippen molar-refractivity contribution in [3.05, 3.63) is 34.9 Å². The van der Waals surface area contributed by atoms with Crippen molar-refractivity contribution in [2.45, 2.75) is 45.1 Å². The number of halogens is 1. The lowest BCUT2D eigenvalue weighted by molar-refractivity contribution is -0.133. The van der Waals surface area contributed by atoms with Gasteiger partial charge in [0.2, 0.25) is 5.91 Å². The van der Waals surface area contributed by atoms with Gasteiger partial charge in [-0.2, -0.15) is 0 Å². The molecule has 0 aromatic heterocycles. The lowest BCUT2D eigenvalue weighted by atomic mass is 9.73. The Labute approximate surface area is 125 Å². The molecule has 20 heavy (non-hydrogen) atoms. The molecule has 1 atom stereocenters. The van der Waals surface area contributed by atoms with Crippen LogP contribution in [0.5, 0.6) is 0 Å². The molecule has 1 aliphatic carbocycles. The van der Waals surface area contributed by atoms with Crippen molar-refractivity contribution in [2.24, 2.45) is 11.1 Å². The van der Waals surface area contributed by atoms with Crippen LogP contribution in [0.25, 0.3) is 0 Å². The van der Waals surface area contributed by atoms with Gasteiger partial charge in [-0.1, -0.05) is 49.1 Å². The molecule has 3 N–H and O–H groups in total. The smallest absolute Gasteiger partial charge is 0.227 e. The van der Waals surface area contributed by atoms with E-state index in [9.17, 15) is 4.79 Å². The second kappa shape index (κ2) is 6.59. The number of amides is 1. The largest absolute Gasteiger partial charge is 0.349 e. The number of nitrogens with two attached hydrogens (primary N) is 1. The van der Waals surface area contributed by atoms with Crippen LogP contribution in [0.4, 0.5) is 0 Å². The number of rotatable bonds is 4. The molecule has 110 valence electrons. The fourth-order valence-electron chi connectivity index (χ4n) is 3.01. The molecular weight excluding hydrogens is 272 g/mol. The van der Waals surface area contributed by atoms with Gasteiger partial charge in [-0.3, -0.25) is 4.79 Å². The van der Waals surface area contributed by atoms with E-state index in [0.29, 0.717) is 11.6 Å². The second-order valence-corrected chi connectivity index (χ2v) is 6.17. The van der Waals surface area contributed by atoms with Crippen molar-refractivity contribution in [2.75, 3.05) is 6.54 Å². The molecule has 1 saturated carbocycles. The van der Waals surface area contributed by atoms with Crippen LogP contribution in [0.15, 0.2) is 24.3 Å². The third kappa shape index (κ3) is 3.15. The van der Waals surface area contributed by atoms with Crippen molar-refractivity contribution < 1.29 is 4.79 Å². The maximum atomic E-state index is 12.6. The minimum Gasteiger partial charge on any atom is -0.349 e. The third-order valence-corrected chi connectivity index (χ3v) is 4.75. The zero-order valence-corrected chi connectivity index (χ0v) is 12.7. The van der Waals surface area contributed by atoms with Gasteiger partial charge < -0.3 is 11.1 Å². The van der Waals surface area contributed by atoms with Gasteiger partial charge in [-0.05, 0) is 31.4 Å². The Hall–Kier alpha value is -1.06. The van der Waals surface area contributed by atoms with Gasteiger partial charge in [0.25, 0.3) is 0 Å². The van der Waals surface area contributed by atoms with Crippen LogP contribution >= 0.6 is 11.6 Å². The summed E-state index contributed by atoms with van der Waals surface area (Å²) in [7, 11) is 0. The lowest BCUT2D eigenvalue weighted by Crippen LogP contribution is -2.47. The fourth-order valence-corrected chi connectivity index (χ4v) is 3.31. The van der Waals surface area contributed by atoms with E-state index in [4.69, 9.17) is 17.3 Å². The predicted octanol–water partition coefficient (Wildman–Crippen LogP) is 3.43. The van der Waals surface area contributed by atoms with Crippen molar-refractivity contribution in [3.8, 4) is 0 Å². The highest BCUT2D eigenvalue weighted by Crippen LogP contribution is 2.36. The lowest BCUT2D eigenvalue weighted by Gasteiger charge is -2.35. The minimum absolute atomic E-state index is 0.0760. The van der Waals surface area contributed by atoms with Crippen LogP contribution in [0.2, 0.25) is 5.02 Å². The van der Waals surface area contributed by atoms with Gasteiger partial charge in [0.15, 0.2) is 0 Å². The Bertz CT molecular complexity index is 469. The average molecular weight is 295 g/mol. The standard InChI is InChI=1S/C16H23ClN2O/c1-12(13-7-3-4-8-14(13)17)19-15(20)16(11-18)9-5-2-6-10-16/h3-4,7-8,12H,2,5-6,9-11,18H2,1H3,(H,19,20). The third-order valence-electron chi connectivity index (χ3n) is 4.40. The van der Waals surface area contributed by atoms with Crippen LogP contribution in [0.1, 0.15) is 50.6 Å². The number of nitrogens with one attached hydrogen (secondary N) is 1. The molecule has 4 heteroatoms. The maximum absolute atomic E-state index is 12.6. The van der Waals surface area contributed by atoms with E-state index in [1.165, 1.54) is 6.42 Å². The summed E-state index contributed by atoms with van der Waals surface area (Å²) in [6.45, 7) is 2.39. The summed E-state index contributed by atoms with van der Waals surface area (Å²) in [5, 5.41) is 3.78. The molecule has 3 nitrogen and oxygen atoms in total. The first-order chi connectivity index (χ1) is 9.59. The normalized spacial score (nSPS) is 19.4. The SMILES string of the molecule is CC(NC(=O)C1(CN)CCCCC1)c1ccccc1Cl. The number of hydrogen-bond acceptors (Lipinski definition) is 2. The van der Waals surface area contributed by atoms with E-state index < -0.39 is 0 Å². The summed E-state index contributed by atoms with van der Waals surface area (Å²) in [4.78, 5) is 12.6. The van der Waals surface area contributed by atoms with Gasteiger partial charge >= 0.3 is 0 Å². The first-order valence-electron chi connectivity index (χ1n) is 7.34. The molecule has 1 aliphatic rings. The molecule has 2 rings (SSSR count). The summed E-state index contributed by atoms with van der Waals surface area (Å²) >= 11 is 6.18. The first kappa shape index (κ1) is 15.3. The van der Waals surface area contributed by atoms with E-state index in [-0.39, 0.29) is 17.4 Å². The van der Waals surface area contributed by atoms with Crippen molar-refractivity contribution >= 4 is 17.5 Å². The highest BCUT2D eigenvalue weighted by Gasteiger charge is 2.38. The van der Waals surface area contributed by atoms with E-state index >= 15 is 0 Å². The zero-order valence-electron chi connectivity index (χ0n) is 12.0. The maximum Gasteiger partial charge on any atom is 0.227 e. The molecule has 0 aliphatic heterocycles. The predicted molar refractivity (Wildman–Crippen MR) is 82.6 cm³/mol. The summed E-state index contributed by atoms with van der Waals surface area (Å²) in [5.41, 5.74) is 6.46. The summed E-state index contributed by atoms with van der Waals surface area (Å²) in [6.07, 6.45) is 5.17. The zero-order chi connectivity index (χ0) is 14.6. The molecule has 1 aromatic rings. The molecule has 0 spiro atoms. The quantitative estimate of drug-likeness (QED) is 0.894. The molecule has 0 bridgehead atoms. The molecular formula is C16H23ClN2O. The van der Waals surface area contributed by atoms with Gasteiger partial charge in [0.1, 0.15) is 0 Å². The molecule has 0 heterocycles. The Morgan fingerprint density at radius 1 is 1.35 bits per heavy atom. The number of carbonyl (C=O) groups excluding carboxylic acids is 1. The Morgan fingerprint density at radius 2 is 2.00 bits per heavy atom. The minimum atomic E-state index is -0.381. The van der Waals surface area contributed by atoms with Gasteiger partial charge in [0.05, 0.1) is 11.5 Å². The van der Waals surface area contributed by atoms with Crippen LogP contribution < -0.4 is 11.1 Å². The molecule has 1 unspecified atom stereocenters. The van der Waals surface area contributed by atoms with E-state index in [1.807, 2.05) is 31.2 Å². The Morgan fingerprint density at radius 3 is 2.60 bits per heavy atom. The van der Waals surface area contributed by atoms with Gasteiger partial charge in [-0.25, -0.2) is 0 Å². The number of carbonyl (C=O) groups is 1.